The van der Waals surface area contributed by atoms with E-state index in [1.807, 2.05) is 36.6 Å². The van der Waals surface area contributed by atoms with Gasteiger partial charge in [0, 0.05) is 56.8 Å². The molecule has 9 nitrogen and oxygen atoms in total. The van der Waals surface area contributed by atoms with Crippen LogP contribution < -0.4 is 15.1 Å². The Morgan fingerprint density at radius 2 is 1.83 bits per heavy atom. The SMILES string of the molecule is CC.O=C1CCN(c2cnc3cc(N4CCC5(CC4)OCCO5)ccn23)C(=O)N1. The van der Waals surface area contributed by atoms with Crippen molar-refractivity contribution < 1.29 is 19.1 Å². The van der Waals surface area contributed by atoms with Gasteiger partial charge < -0.3 is 14.4 Å². The molecule has 156 valence electrons. The lowest BCUT2D eigenvalue weighted by Crippen LogP contribution is -2.50. The van der Waals surface area contributed by atoms with Gasteiger partial charge in [-0.1, -0.05) is 13.8 Å². The summed E-state index contributed by atoms with van der Waals surface area (Å²) >= 11 is 0. The van der Waals surface area contributed by atoms with E-state index in [2.05, 4.69) is 15.2 Å². The number of hydrogen-bond donors (Lipinski definition) is 1. The van der Waals surface area contributed by atoms with E-state index in [4.69, 9.17) is 9.47 Å². The van der Waals surface area contributed by atoms with E-state index in [-0.39, 0.29) is 18.1 Å². The second-order valence-electron chi connectivity index (χ2n) is 7.08. The fourth-order valence-corrected chi connectivity index (χ4v) is 4.03. The lowest BCUT2D eigenvalue weighted by Gasteiger charge is -2.38. The number of nitrogens with one attached hydrogen (secondary N) is 1. The Hall–Kier alpha value is -2.65. The highest BCUT2D eigenvalue weighted by Gasteiger charge is 2.39. The molecule has 29 heavy (non-hydrogen) atoms. The number of imidazole rings is 1. The first kappa shape index (κ1) is 19.7. The highest BCUT2D eigenvalue weighted by Crippen LogP contribution is 2.33. The number of aromatic nitrogens is 2. The van der Waals surface area contributed by atoms with Crippen molar-refractivity contribution in [1.29, 1.82) is 0 Å². The molecule has 9 heteroatoms. The molecular weight excluding hydrogens is 374 g/mol. The summed E-state index contributed by atoms with van der Waals surface area (Å²) in [5.41, 5.74) is 1.85. The third kappa shape index (κ3) is 3.67. The summed E-state index contributed by atoms with van der Waals surface area (Å²) in [6.45, 7) is 7.44. The zero-order valence-electron chi connectivity index (χ0n) is 16.9. The van der Waals surface area contributed by atoms with Crippen LogP contribution >= 0.6 is 0 Å². The number of anilines is 2. The average molecular weight is 401 g/mol. The largest absolute Gasteiger partial charge is 0.371 e. The molecule has 5 heterocycles. The maximum Gasteiger partial charge on any atom is 0.329 e. The topological polar surface area (TPSA) is 88.4 Å². The number of fused-ring (bicyclic) bond motifs is 1. The zero-order valence-corrected chi connectivity index (χ0v) is 16.9. The van der Waals surface area contributed by atoms with Crippen LogP contribution in [-0.4, -0.2) is 60.0 Å². The van der Waals surface area contributed by atoms with Gasteiger partial charge in [-0.15, -0.1) is 0 Å². The number of amides is 3. The van der Waals surface area contributed by atoms with Crippen molar-refractivity contribution in [3.63, 3.8) is 0 Å². The monoisotopic (exact) mass is 401 g/mol. The molecule has 0 atom stereocenters. The number of piperidine rings is 1. The molecule has 0 aromatic carbocycles. The van der Waals surface area contributed by atoms with Crippen LogP contribution in [0.2, 0.25) is 0 Å². The molecule has 0 bridgehead atoms. The fraction of sp³-hybridized carbons (Fsp3) is 0.550. The summed E-state index contributed by atoms with van der Waals surface area (Å²) in [6.07, 6.45) is 5.57. The number of urea groups is 1. The maximum absolute atomic E-state index is 12.1. The number of ether oxygens (including phenoxy) is 2. The first-order chi connectivity index (χ1) is 14.1. The van der Waals surface area contributed by atoms with Crippen LogP contribution in [0.25, 0.3) is 5.65 Å². The van der Waals surface area contributed by atoms with Crippen molar-refractivity contribution in [3.8, 4) is 0 Å². The van der Waals surface area contributed by atoms with Gasteiger partial charge in [0.15, 0.2) is 5.79 Å². The van der Waals surface area contributed by atoms with Crippen LogP contribution in [0.5, 0.6) is 0 Å². The van der Waals surface area contributed by atoms with Gasteiger partial charge in [0.2, 0.25) is 5.91 Å². The molecular formula is C20H27N5O4. The van der Waals surface area contributed by atoms with Gasteiger partial charge in [-0.2, -0.15) is 0 Å². The van der Waals surface area contributed by atoms with Gasteiger partial charge >= 0.3 is 6.03 Å². The van der Waals surface area contributed by atoms with E-state index in [1.54, 1.807) is 11.1 Å². The van der Waals surface area contributed by atoms with Gasteiger partial charge in [-0.3, -0.25) is 19.4 Å². The summed E-state index contributed by atoms with van der Waals surface area (Å²) in [7, 11) is 0. The van der Waals surface area contributed by atoms with Crippen LogP contribution in [-0.2, 0) is 14.3 Å². The van der Waals surface area contributed by atoms with E-state index < -0.39 is 6.03 Å². The molecule has 2 aromatic heterocycles. The minimum Gasteiger partial charge on any atom is -0.371 e. The predicted molar refractivity (Wildman–Crippen MR) is 108 cm³/mol. The normalized spacial score (nSPS) is 21.3. The molecule has 1 N–H and O–H groups in total. The van der Waals surface area contributed by atoms with Crippen molar-refractivity contribution in [2.24, 2.45) is 0 Å². The summed E-state index contributed by atoms with van der Waals surface area (Å²) in [4.78, 5) is 31.8. The highest BCUT2D eigenvalue weighted by molar-refractivity contribution is 6.05. The standard InChI is InChI=1S/C18H21N5O4.C2H6/c24-15-2-6-23(17(25)20-15)16-12-19-14-11-13(1-5-22(14)16)21-7-3-18(4-8-21)26-9-10-27-18;1-2/h1,5,11-12H,2-4,6-10H2,(H,20,24,25);1-2H3. The number of rotatable bonds is 2. The fourth-order valence-electron chi connectivity index (χ4n) is 4.03. The van der Waals surface area contributed by atoms with Crippen LogP contribution in [0.1, 0.15) is 33.1 Å². The minimum absolute atomic E-state index is 0.245. The molecule has 2 aromatic rings. The molecule has 0 saturated carbocycles. The van der Waals surface area contributed by atoms with E-state index in [0.29, 0.717) is 25.6 Å². The van der Waals surface area contributed by atoms with Crippen molar-refractivity contribution >= 4 is 29.1 Å². The highest BCUT2D eigenvalue weighted by atomic mass is 16.7. The average Bonchev–Trinajstić information content (AvgIpc) is 3.37. The molecule has 5 rings (SSSR count). The Morgan fingerprint density at radius 3 is 2.52 bits per heavy atom. The van der Waals surface area contributed by atoms with E-state index >= 15 is 0 Å². The maximum atomic E-state index is 12.1. The van der Waals surface area contributed by atoms with E-state index in [9.17, 15) is 9.59 Å². The van der Waals surface area contributed by atoms with E-state index in [1.165, 1.54) is 0 Å². The second kappa shape index (κ2) is 8.00. The van der Waals surface area contributed by atoms with Crippen molar-refractivity contribution in [2.75, 3.05) is 42.6 Å². The Labute approximate surface area is 169 Å². The molecule has 3 amide bonds. The summed E-state index contributed by atoms with van der Waals surface area (Å²) in [6, 6.07) is 3.64. The van der Waals surface area contributed by atoms with Gasteiger partial charge in [0.1, 0.15) is 11.5 Å². The molecule has 3 saturated heterocycles. The number of nitrogens with zero attached hydrogens (tertiary/aromatic N) is 4. The molecule has 3 fully saturated rings. The quantitative estimate of drug-likeness (QED) is 0.830. The predicted octanol–water partition coefficient (Wildman–Crippen LogP) is 2.15. The Kier molecular flexibility index (Phi) is 5.42. The summed E-state index contributed by atoms with van der Waals surface area (Å²) in [5, 5.41) is 2.34. The smallest absolute Gasteiger partial charge is 0.329 e. The third-order valence-electron chi connectivity index (χ3n) is 5.51. The number of pyridine rings is 1. The summed E-state index contributed by atoms with van der Waals surface area (Å²) < 4.78 is 13.5. The summed E-state index contributed by atoms with van der Waals surface area (Å²) in [5.74, 6) is 0.0255. The number of imide groups is 1. The lowest BCUT2D eigenvalue weighted by molar-refractivity contribution is -0.169. The molecule has 3 aliphatic heterocycles. The van der Waals surface area contributed by atoms with Crippen LogP contribution in [0.3, 0.4) is 0 Å². The lowest BCUT2D eigenvalue weighted by atomic mass is 10.0. The molecule has 0 radical (unpaired) electrons. The second-order valence-corrected chi connectivity index (χ2v) is 7.08. The van der Waals surface area contributed by atoms with E-state index in [0.717, 1.165) is 37.3 Å². The first-order valence-electron chi connectivity index (χ1n) is 10.2. The van der Waals surface area contributed by atoms with Gasteiger partial charge in [0.05, 0.1) is 19.4 Å². The van der Waals surface area contributed by atoms with Gasteiger partial charge in [0.25, 0.3) is 0 Å². The number of carbonyl (C=O) groups is 2. The van der Waals surface area contributed by atoms with Crippen molar-refractivity contribution in [2.45, 2.75) is 38.9 Å². The van der Waals surface area contributed by atoms with Crippen LogP contribution in [0.15, 0.2) is 24.5 Å². The molecule has 0 aliphatic carbocycles. The van der Waals surface area contributed by atoms with Crippen molar-refractivity contribution in [1.82, 2.24) is 14.7 Å². The van der Waals surface area contributed by atoms with Crippen LogP contribution in [0, 0.1) is 0 Å². The number of hydrogen-bond acceptors (Lipinski definition) is 6. The minimum atomic E-state index is -0.407. The zero-order chi connectivity index (χ0) is 20.4. The third-order valence-corrected chi connectivity index (χ3v) is 5.51. The van der Waals surface area contributed by atoms with Gasteiger partial charge in [-0.05, 0) is 6.07 Å². The Morgan fingerprint density at radius 1 is 1.10 bits per heavy atom. The van der Waals surface area contributed by atoms with Crippen molar-refractivity contribution in [3.05, 3.63) is 24.5 Å². The van der Waals surface area contributed by atoms with Crippen LogP contribution in [0.4, 0.5) is 16.3 Å². The Balaban J connectivity index is 0.000000994. The molecule has 0 unspecified atom stereocenters. The number of carbonyl (C=O) groups excluding carboxylic acids is 2. The molecule has 3 aliphatic rings. The first-order valence-corrected chi connectivity index (χ1v) is 10.2. The molecule has 1 spiro atoms. The van der Waals surface area contributed by atoms with Gasteiger partial charge in [-0.25, -0.2) is 9.78 Å². The Bertz CT molecular complexity index is 895.